The fourth-order valence-corrected chi connectivity index (χ4v) is 2.21. The maximum atomic E-state index is 13.7. The van der Waals surface area contributed by atoms with Crippen LogP contribution in [0, 0.1) is 23.2 Å². The van der Waals surface area contributed by atoms with Crippen LogP contribution < -0.4 is 0 Å². The van der Waals surface area contributed by atoms with Gasteiger partial charge in [0.05, 0.1) is 30.7 Å². The number of nitrogens with zero attached hydrogens (tertiary/aromatic N) is 2. The number of allylic oxidation sites excluding steroid dienone is 3. The molecule has 1 aliphatic carbocycles. The highest BCUT2D eigenvalue weighted by molar-refractivity contribution is 5.66. The molecule has 1 heterocycles. The minimum absolute atomic E-state index is 0.0401. The predicted octanol–water partition coefficient (Wildman–Crippen LogP) is 3.47. The van der Waals surface area contributed by atoms with E-state index in [1.54, 1.807) is 18.3 Å². The summed E-state index contributed by atoms with van der Waals surface area (Å²) in [6.07, 6.45) is 3.88. The van der Waals surface area contributed by atoms with E-state index in [0.717, 1.165) is 0 Å². The van der Waals surface area contributed by atoms with Gasteiger partial charge in [-0.3, -0.25) is 9.78 Å². The van der Waals surface area contributed by atoms with E-state index >= 15 is 0 Å². The number of carboxylic acids is 1. The van der Waals surface area contributed by atoms with Gasteiger partial charge in [0.25, 0.3) is 0 Å². The molecule has 6 heteroatoms. The highest BCUT2D eigenvalue weighted by Crippen LogP contribution is 2.25. The monoisotopic (exact) mass is 340 g/mol. The predicted molar refractivity (Wildman–Crippen MR) is 88.6 cm³/mol. The summed E-state index contributed by atoms with van der Waals surface area (Å²) in [6.45, 7) is -0.0918. The number of hydrogen-bond acceptors (Lipinski definition) is 4. The van der Waals surface area contributed by atoms with E-state index in [1.165, 1.54) is 6.08 Å². The Balaban J connectivity index is 1.99. The Morgan fingerprint density at radius 3 is 2.96 bits per heavy atom. The SMILES string of the molecule is N#CC(CC#CC1=CC(OCCC(=O)O)=C(F)CC1)c1ccccn1. The number of nitriles is 1. The molecule has 0 radical (unpaired) electrons. The Morgan fingerprint density at radius 1 is 1.44 bits per heavy atom. The van der Waals surface area contributed by atoms with Crippen LogP contribution in [0.2, 0.25) is 0 Å². The number of aromatic nitrogens is 1. The second-order valence-electron chi connectivity index (χ2n) is 5.37. The molecule has 1 unspecified atom stereocenters. The summed E-state index contributed by atoms with van der Waals surface area (Å²) in [6, 6.07) is 7.55. The maximum absolute atomic E-state index is 13.7. The van der Waals surface area contributed by atoms with Crippen LogP contribution in [0.25, 0.3) is 0 Å². The fraction of sp³-hybridized carbons (Fsp3) is 0.316. The molecule has 1 aliphatic rings. The molecule has 0 amide bonds. The highest BCUT2D eigenvalue weighted by Gasteiger charge is 2.14. The van der Waals surface area contributed by atoms with Crippen LogP contribution in [-0.4, -0.2) is 22.7 Å². The van der Waals surface area contributed by atoms with Gasteiger partial charge < -0.3 is 9.84 Å². The van der Waals surface area contributed by atoms with Gasteiger partial charge in [-0.25, -0.2) is 4.39 Å². The average molecular weight is 340 g/mol. The molecule has 1 aromatic heterocycles. The molecule has 1 N–H and O–H groups in total. The second-order valence-corrected chi connectivity index (χ2v) is 5.37. The van der Waals surface area contributed by atoms with Crippen molar-refractivity contribution in [1.29, 1.82) is 5.26 Å². The summed E-state index contributed by atoms with van der Waals surface area (Å²) >= 11 is 0. The third-order valence-electron chi connectivity index (χ3n) is 3.52. The molecule has 0 spiro atoms. The number of rotatable bonds is 6. The molecule has 2 rings (SSSR count). The van der Waals surface area contributed by atoms with E-state index in [1.807, 2.05) is 6.07 Å². The molecule has 0 aromatic carbocycles. The molecule has 128 valence electrons. The molecular formula is C19H17FN2O3. The van der Waals surface area contributed by atoms with Crippen molar-refractivity contribution in [2.45, 2.75) is 31.6 Å². The summed E-state index contributed by atoms with van der Waals surface area (Å²) in [5, 5.41) is 17.8. The summed E-state index contributed by atoms with van der Waals surface area (Å²) in [5.41, 5.74) is 1.37. The molecule has 0 bridgehead atoms. The third-order valence-corrected chi connectivity index (χ3v) is 3.52. The molecule has 1 aromatic rings. The lowest BCUT2D eigenvalue weighted by Crippen LogP contribution is -2.05. The van der Waals surface area contributed by atoms with Gasteiger partial charge in [0.2, 0.25) is 0 Å². The largest absolute Gasteiger partial charge is 0.490 e. The van der Waals surface area contributed by atoms with Crippen molar-refractivity contribution in [3.63, 3.8) is 0 Å². The van der Waals surface area contributed by atoms with Crippen molar-refractivity contribution in [3.05, 3.63) is 53.3 Å². The molecule has 0 saturated heterocycles. The molecule has 0 fully saturated rings. The van der Waals surface area contributed by atoms with Crippen LogP contribution in [0.5, 0.6) is 0 Å². The van der Waals surface area contributed by atoms with Crippen LogP contribution >= 0.6 is 0 Å². The van der Waals surface area contributed by atoms with Gasteiger partial charge in [0.1, 0.15) is 5.83 Å². The standard InChI is InChI=1S/C19H17FN2O3/c20-16-8-7-14(12-18(16)25-11-9-19(23)24)4-3-5-15(13-21)17-6-1-2-10-22-17/h1-2,6,10,12,15H,5,7-9,11H2,(H,23,24). The van der Waals surface area contributed by atoms with Crippen molar-refractivity contribution in [3.8, 4) is 17.9 Å². The highest BCUT2D eigenvalue weighted by atomic mass is 19.1. The first kappa shape index (κ1) is 18.2. The van der Waals surface area contributed by atoms with Gasteiger partial charge in [0.15, 0.2) is 5.76 Å². The molecule has 0 aliphatic heterocycles. The van der Waals surface area contributed by atoms with Crippen LogP contribution in [0.3, 0.4) is 0 Å². The van der Waals surface area contributed by atoms with Crippen molar-refractivity contribution < 1.29 is 19.0 Å². The Morgan fingerprint density at radius 2 is 2.28 bits per heavy atom. The van der Waals surface area contributed by atoms with Crippen molar-refractivity contribution in [2.75, 3.05) is 6.61 Å². The van der Waals surface area contributed by atoms with Gasteiger partial charge >= 0.3 is 5.97 Å². The van der Waals surface area contributed by atoms with E-state index in [0.29, 0.717) is 24.1 Å². The number of carboxylic acid groups (broad SMARTS) is 1. The maximum Gasteiger partial charge on any atom is 0.306 e. The first-order valence-corrected chi connectivity index (χ1v) is 7.83. The Bertz CT molecular complexity index is 782. The molecule has 0 saturated carbocycles. The molecule has 25 heavy (non-hydrogen) atoms. The molecular weight excluding hydrogens is 323 g/mol. The van der Waals surface area contributed by atoms with Crippen molar-refractivity contribution in [1.82, 2.24) is 4.98 Å². The third kappa shape index (κ3) is 5.78. The van der Waals surface area contributed by atoms with Gasteiger partial charge in [0, 0.05) is 24.6 Å². The zero-order valence-electron chi connectivity index (χ0n) is 13.5. The summed E-state index contributed by atoms with van der Waals surface area (Å²) < 4.78 is 18.9. The quantitative estimate of drug-likeness (QED) is 0.802. The van der Waals surface area contributed by atoms with Crippen LogP contribution in [0.1, 0.15) is 37.3 Å². The van der Waals surface area contributed by atoms with E-state index in [4.69, 9.17) is 9.84 Å². The first-order chi connectivity index (χ1) is 12.1. The lowest BCUT2D eigenvalue weighted by atomic mass is 10.0. The van der Waals surface area contributed by atoms with Crippen LogP contribution in [-0.2, 0) is 9.53 Å². The zero-order valence-corrected chi connectivity index (χ0v) is 13.5. The topological polar surface area (TPSA) is 83.2 Å². The summed E-state index contributed by atoms with van der Waals surface area (Å²) in [7, 11) is 0. The van der Waals surface area contributed by atoms with Crippen molar-refractivity contribution in [2.24, 2.45) is 0 Å². The fourth-order valence-electron chi connectivity index (χ4n) is 2.21. The lowest BCUT2D eigenvalue weighted by Gasteiger charge is -2.13. The normalized spacial score (nSPS) is 14.6. The zero-order chi connectivity index (χ0) is 18.1. The molecule has 5 nitrogen and oxygen atoms in total. The van der Waals surface area contributed by atoms with E-state index < -0.39 is 17.7 Å². The number of ether oxygens (including phenoxy) is 1. The lowest BCUT2D eigenvalue weighted by molar-refractivity contribution is -0.137. The Hall–Kier alpha value is -3.12. The van der Waals surface area contributed by atoms with Crippen molar-refractivity contribution >= 4 is 5.97 Å². The number of halogens is 1. The van der Waals surface area contributed by atoms with E-state index in [2.05, 4.69) is 22.9 Å². The van der Waals surface area contributed by atoms with Crippen LogP contribution in [0.4, 0.5) is 4.39 Å². The van der Waals surface area contributed by atoms with Gasteiger partial charge in [-0.15, -0.1) is 0 Å². The van der Waals surface area contributed by atoms with Gasteiger partial charge in [-0.2, -0.15) is 5.26 Å². The Labute approximate surface area is 145 Å². The second kappa shape index (κ2) is 9.24. The molecule has 1 atom stereocenters. The Kier molecular flexibility index (Phi) is 6.74. The minimum Gasteiger partial charge on any atom is -0.490 e. The number of aliphatic carboxylic acids is 1. The van der Waals surface area contributed by atoms with Gasteiger partial charge in [-0.05, 0) is 24.6 Å². The number of hydrogen-bond donors (Lipinski definition) is 1. The van der Waals surface area contributed by atoms with E-state index in [-0.39, 0.29) is 25.2 Å². The van der Waals surface area contributed by atoms with Gasteiger partial charge in [-0.1, -0.05) is 17.9 Å². The minimum atomic E-state index is -1.00. The average Bonchev–Trinajstić information content (AvgIpc) is 2.61. The smallest absolute Gasteiger partial charge is 0.306 e. The number of carbonyl (C=O) groups is 1. The van der Waals surface area contributed by atoms with Crippen LogP contribution in [0.15, 0.2) is 47.6 Å². The summed E-state index contributed by atoms with van der Waals surface area (Å²) in [5.74, 6) is 4.09. The number of pyridine rings is 1. The first-order valence-electron chi connectivity index (χ1n) is 7.83. The van der Waals surface area contributed by atoms with E-state index in [9.17, 15) is 14.4 Å². The summed E-state index contributed by atoms with van der Waals surface area (Å²) in [4.78, 5) is 14.6.